The zero-order valence-electron chi connectivity index (χ0n) is 14.9. The maximum Gasteiger partial charge on any atom is 0.416 e. The molecule has 1 N–H and O–H groups in total. The summed E-state index contributed by atoms with van der Waals surface area (Å²) in [4.78, 5) is 37.8. The monoisotopic (exact) mass is 413 g/mol. The first-order valence-electron chi connectivity index (χ1n) is 8.04. The molecular formula is C17H14F3N3O6. The van der Waals surface area contributed by atoms with E-state index in [0.29, 0.717) is 12.1 Å². The Hall–Kier alpha value is -3.70. The van der Waals surface area contributed by atoms with Crippen molar-refractivity contribution in [3.63, 3.8) is 0 Å². The summed E-state index contributed by atoms with van der Waals surface area (Å²) >= 11 is 0. The third-order valence-corrected chi connectivity index (χ3v) is 3.40. The predicted molar refractivity (Wildman–Crippen MR) is 92.4 cm³/mol. The molecule has 154 valence electrons. The lowest BCUT2D eigenvalue weighted by Crippen LogP contribution is -2.22. The third kappa shape index (κ3) is 5.64. The number of anilines is 1. The number of nitrogens with zero attached hydrogens (tertiary/aromatic N) is 2. The highest BCUT2D eigenvalue weighted by atomic mass is 19.4. The van der Waals surface area contributed by atoms with Crippen molar-refractivity contribution in [2.24, 2.45) is 0 Å². The molecule has 2 aromatic rings. The lowest BCUT2D eigenvalue weighted by molar-refractivity contribution is -0.384. The summed E-state index contributed by atoms with van der Waals surface area (Å²) in [6.45, 7) is 1.07. The van der Waals surface area contributed by atoms with Gasteiger partial charge in [0.05, 0.1) is 17.1 Å². The molecule has 1 aromatic carbocycles. The average Bonchev–Trinajstić information content (AvgIpc) is 2.66. The molecule has 0 unspecified atom stereocenters. The second kappa shape index (κ2) is 8.99. The molecule has 0 saturated heterocycles. The van der Waals surface area contributed by atoms with Gasteiger partial charge in [-0.2, -0.15) is 13.2 Å². The van der Waals surface area contributed by atoms with Crippen LogP contribution in [-0.4, -0.2) is 35.0 Å². The summed E-state index contributed by atoms with van der Waals surface area (Å²) in [5.74, 6) is -1.92. The highest BCUT2D eigenvalue weighted by Crippen LogP contribution is 2.34. The fraction of sp³-hybridized carbons (Fsp3) is 0.235. The Balaban J connectivity index is 2.08. The molecule has 9 nitrogen and oxygen atoms in total. The van der Waals surface area contributed by atoms with Crippen LogP contribution in [0.2, 0.25) is 0 Å². The Labute approximate surface area is 161 Å². The number of amides is 1. The first-order valence-corrected chi connectivity index (χ1v) is 8.04. The van der Waals surface area contributed by atoms with Crippen molar-refractivity contribution in [3.05, 3.63) is 57.8 Å². The van der Waals surface area contributed by atoms with Gasteiger partial charge in [0.2, 0.25) is 5.88 Å². The second-order valence-corrected chi connectivity index (χ2v) is 5.40. The number of alkyl halides is 3. The number of halogens is 3. The summed E-state index contributed by atoms with van der Waals surface area (Å²) in [6, 6.07) is 4.43. The number of rotatable bonds is 7. The van der Waals surface area contributed by atoms with Crippen LogP contribution in [-0.2, 0) is 15.7 Å². The highest BCUT2D eigenvalue weighted by molar-refractivity contribution is 5.97. The summed E-state index contributed by atoms with van der Waals surface area (Å²) in [5.41, 5.74) is -2.71. The third-order valence-electron chi connectivity index (χ3n) is 3.40. The molecule has 0 aliphatic carbocycles. The maximum atomic E-state index is 12.7. The van der Waals surface area contributed by atoms with E-state index < -0.39 is 46.5 Å². The van der Waals surface area contributed by atoms with Crippen molar-refractivity contribution >= 4 is 23.3 Å². The molecule has 1 heterocycles. The lowest BCUT2D eigenvalue weighted by atomic mass is 10.1. The van der Waals surface area contributed by atoms with Crippen molar-refractivity contribution in [3.8, 4) is 5.88 Å². The van der Waals surface area contributed by atoms with Crippen LogP contribution in [0.1, 0.15) is 22.8 Å². The van der Waals surface area contributed by atoms with Crippen LogP contribution >= 0.6 is 0 Å². The molecule has 0 saturated carbocycles. The Morgan fingerprint density at radius 1 is 1.28 bits per heavy atom. The molecule has 1 aromatic heterocycles. The Kier molecular flexibility index (Phi) is 6.70. The number of ether oxygens (including phenoxy) is 2. The number of hydrogen-bond donors (Lipinski definition) is 1. The van der Waals surface area contributed by atoms with E-state index in [1.807, 2.05) is 5.32 Å². The van der Waals surface area contributed by atoms with Crippen molar-refractivity contribution < 1.29 is 37.2 Å². The standard InChI is InChI=1S/C17H14F3N3O6/c1-2-28-15-11(4-3-7-21-15)16(25)29-9-14(24)22-12-6-5-10(17(18,19)20)8-13(12)23(26)27/h3-8H,2,9H2,1H3,(H,22,24). The Bertz CT molecular complexity index is 933. The van der Waals surface area contributed by atoms with Crippen molar-refractivity contribution in [2.75, 3.05) is 18.5 Å². The van der Waals surface area contributed by atoms with Crippen LogP contribution in [0, 0.1) is 10.1 Å². The van der Waals surface area contributed by atoms with E-state index in [1.54, 1.807) is 6.92 Å². The molecule has 0 aliphatic rings. The summed E-state index contributed by atoms with van der Waals surface area (Å²) < 4.78 is 48.1. The zero-order valence-corrected chi connectivity index (χ0v) is 14.9. The SMILES string of the molecule is CCOc1ncccc1C(=O)OCC(=O)Nc1ccc(C(F)(F)F)cc1[N+](=O)[O-]. The van der Waals surface area contributed by atoms with E-state index in [4.69, 9.17) is 9.47 Å². The van der Waals surface area contributed by atoms with Gasteiger partial charge in [-0.3, -0.25) is 14.9 Å². The minimum absolute atomic E-state index is 0.00112. The Morgan fingerprint density at radius 2 is 2.00 bits per heavy atom. The predicted octanol–water partition coefficient (Wildman–Crippen LogP) is 3.20. The minimum atomic E-state index is -4.79. The summed E-state index contributed by atoms with van der Waals surface area (Å²) in [5, 5.41) is 13.1. The van der Waals surface area contributed by atoms with Gasteiger partial charge < -0.3 is 14.8 Å². The van der Waals surface area contributed by atoms with Gasteiger partial charge in [-0.25, -0.2) is 9.78 Å². The zero-order chi connectivity index (χ0) is 21.6. The van der Waals surface area contributed by atoms with Gasteiger partial charge in [-0.05, 0) is 31.2 Å². The number of carbonyl (C=O) groups excluding carboxylic acids is 2. The molecule has 0 fully saturated rings. The van der Waals surface area contributed by atoms with Crippen molar-refractivity contribution in [1.29, 1.82) is 0 Å². The number of benzene rings is 1. The lowest BCUT2D eigenvalue weighted by Gasteiger charge is -2.11. The number of nitrogens with one attached hydrogen (secondary N) is 1. The van der Waals surface area contributed by atoms with Crippen LogP contribution in [0.25, 0.3) is 0 Å². The molecule has 0 atom stereocenters. The van der Waals surface area contributed by atoms with Gasteiger partial charge in [0.15, 0.2) is 6.61 Å². The smallest absolute Gasteiger partial charge is 0.416 e. The van der Waals surface area contributed by atoms with Crippen LogP contribution in [0.5, 0.6) is 5.88 Å². The van der Waals surface area contributed by atoms with Crippen LogP contribution in [0.3, 0.4) is 0 Å². The van der Waals surface area contributed by atoms with E-state index >= 15 is 0 Å². The van der Waals surface area contributed by atoms with E-state index in [0.717, 1.165) is 6.07 Å². The molecule has 0 spiro atoms. The fourth-order valence-electron chi connectivity index (χ4n) is 2.16. The highest BCUT2D eigenvalue weighted by Gasteiger charge is 2.33. The topological polar surface area (TPSA) is 121 Å². The number of hydrogen-bond acceptors (Lipinski definition) is 7. The van der Waals surface area contributed by atoms with Gasteiger partial charge >= 0.3 is 12.1 Å². The van der Waals surface area contributed by atoms with Gasteiger partial charge in [0.25, 0.3) is 11.6 Å². The minimum Gasteiger partial charge on any atom is -0.477 e. The van der Waals surface area contributed by atoms with Gasteiger partial charge in [-0.1, -0.05) is 0 Å². The van der Waals surface area contributed by atoms with Gasteiger partial charge in [0.1, 0.15) is 11.3 Å². The first kappa shape index (κ1) is 21.6. The maximum absolute atomic E-state index is 12.7. The van der Waals surface area contributed by atoms with E-state index in [9.17, 15) is 32.9 Å². The number of aromatic nitrogens is 1. The normalized spacial score (nSPS) is 10.9. The van der Waals surface area contributed by atoms with Crippen molar-refractivity contribution in [1.82, 2.24) is 4.98 Å². The molecular weight excluding hydrogens is 399 g/mol. The first-order chi connectivity index (χ1) is 13.6. The van der Waals surface area contributed by atoms with Gasteiger partial charge in [0, 0.05) is 12.3 Å². The van der Waals surface area contributed by atoms with E-state index in [-0.39, 0.29) is 18.1 Å². The number of nitro groups is 1. The fourth-order valence-corrected chi connectivity index (χ4v) is 2.16. The largest absolute Gasteiger partial charge is 0.477 e. The molecule has 0 bridgehead atoms. The molecule has 29 heavy (non-hydrogen) atoms. The number of carbonyl (C=O) groups is 2. The quantitative estimate of drug-likeness (QED) is 0.420. The molecule has 0 aliphatic heterocycles. The van der Waals surface area contributed by atoms with Crippen LogP contribution in [0.15, 0.2) is 36.5 Å². The summed E-state index contributed by atoms with van der Waals surface area (Å²) in [7, 11) is 0. The van der Waals surface area contributed by atoms with Gasteiger partial charge in [-0.15, -0.1) is 0 Å². The number of nitro benzene ring substituents is 1. The molecule has 0 radical (unpaired) electrons. The number of pyridine rings is 1. The number of esters is 1. The molecule has 12 heteroatoms. The Morgan fingerprint density at radius 3 is 2.62 bits per heavy atom. The van der Waals surface area contributed by atoms with E-state index in [2.05, 4.69) is 4.98 Å². The van der Waals surface area contributed by atoms with E-state index in [1.165, 1.54) is 18.3 Å². The van der Waals surface area contributed by atoms with Crippen molar-refractivity contribution in [2.45, 2.75) is 13.1 Å². The van der Waals surface area contributed by atoms with Crippen LogP contribution < -0.4 is 10.1 Å². The molecule has 2 rings (SSSR count). The second-order valence-electron chi connectivity index (χ2n) is 5.40. The summed E-state index contributed by atoms with van der Waals surface area (Å²) in [6.07, 6.45) is -3.40. The molecule has 1 amide bonds. The van der Waals surface area contributed by atoms with Crippen LogP contribution in [0.4, 0.5) is 24.5 Å². The average molecular weight is 413 g/mol.